The van der Waals surface area contributed by atoms with Crippen molar-refractivity contribution in [2.24, 2.45) is 11.3 Å². The highest BCUT2D eigenvalue weighted by atomic mass is 79.9. The Morgan fingerprint density at radius 1 is 0.806 bits per heavy atom. The first-order chi connectivity index (χ1) is 14.0. The van der Waals surface area contributed by atoms with Gasteiger partial charge in [0.05, 0.1) is 4.32 Å². The van der Waals surface area contributed by atoms with Gasteiger partial charge in [-0.2, -0.15) is 0 Å². The topological polar surface area (TPSA) is 68.3 Å². The third-order valence-corrected chi connectivity index (χ3v) is 9.92. The predicted molar refractivity (Wildman–Crippen MR) is 145 cm³/mol. The van der Waals surface area contributed by atoms with E-state index >= 15 is 0 Å². The quantitative estimate of drug-likeness (QED) is 0.147. The van der Waals surface area contributed by atoms with E-state index in [9.17, 15) is 14.4 Å². The van der Waals surface area contributed by atoms with Gasteiger partial charge >= 0.3 is 0 Å². The van der Waals surface area contributed by atoms with Gasteiger partial charge < -0.3 is 4.79 Å². The minimum absolute atomic E-state index is 0.0353. The molecule has 31 heavy (non-hydrogen) atoms. The summed E-state index contributed by atoms with van der Waals surface area (Å²) < 4.78 is -1.30. The average molecular weight is 637 g/mol. The summed E-state index contributed by atoms with van der Waals surface area (Å²) in [6.45, 7) is 20.3. The molecule has 0 heterocycles. The number of carbonyl (C=O) groups excluding carboxylic acids is 4. The molecule has 0 spiro atoms. The van der Waals surface area contributed by atoms with Crippen molar-refractivity contribution in [2.75, 3.05) is 5.33 Å². The largest absolute Gasteiger partial charge is 0.304 e. The van der Waals surface area contributed by atoms with Crippen molar-refractivity contribution in [2.45, 2.75) is 110 Å². The molecule has 0 aliphatic carbocycles. The van der Waals surface area contributed by atoms with Crippen molar-refractivity contribution in [1.82, 2.24) is 0 Å². The third kappa shape index (κ3) is 15.6. The molecule has 1 atom stereocenters. The lowest BCUT2D eigenvalue weighted by Crippen LogP contribution is -2.44. The number of halogens is 3. The van der Waals surface area contributed by atoms with Crippen LogP contribution in [0.25, 0.3) is 0 Å². The molecule has 0 bridgehead atoms. The van der Waals surface area contributed by atoms with E-state index in [4.69, 9.17) is 4.79 Å². The molecule has 0 saturated carbocycles. The van der Waals surface area contributed by atoms with E-state index in [-0.39, 0.29) is 27.1 Å². The van der Waals surface area contributed by atoms with Crippen LogP contribution in [0.1, 0.15) is 102 Å². The van der Waals surface area contributed by atoms with E-state index in [0.717, 1.165) is 25.0 Å². The number of aldehydes is 1. The second-order valence-electron chi connectivity index (χ2n) is 8.14. The van der Waals surface area contributed by atoms with E-state index < -0.39 is 4.32 Å². The molecule has 0 saturated heterocycles. The minimum Gasteiger partial charge on any atom is -0.304 e. The molecule has 0 aromatic carbocycles. The summed E-state index contributed by atoms with van der Waals surface area (Å²) in [5, 5.41) is 1.17. The van der Waals surface area contributed by atoms with Crippen LogP contribution in [0.2, 0.25) is 0 Å². The molecular weight excluding hydrogens is 592 g/mol. The highest BCUT2D eigenvalue weighted by molar-refractivity contribution is 9.10. The molecule has 0 fully saturated rings. The van der Waals surface area contributed by atoms with Crippen LogP contribution in [-0.4, -0.2) is 37.6 Å². The van der Waals surface area contributed by atoms with Crippen LogP contribution >= 0.6 is 47.8 Å². The molecule has 0 N–H and O–H groups in total. The molecule has 186 valence electrons. The summed E-state index contributed by atoms with van der Waals surface area (Å²) in [5.74, 6) is 0.821. The molecule has 0 radical (unpaired) electrons. The first kappa shape index (κ1) is 38.4. The Labute approximate surface area is 216 Å². The Morgan fingerprint density at radius 3 is 1.16 bits per heavy atom. The Balaban J connectivity index is -0.000000171. The Bertz CT molecular complexity index is 505. The van der Waals surface area contributed by atoms with Crippen LogP contribution in [0, 0.1) is 11.3 Å². The molecule has 0 aliphatic heterocycles. The highest BCUT2D eigenvalue weighted by Crippen LogP contribution is 2.44. The first-order valence-electron chi connectivity index (χ1n) is 10.8. The van der Waals surface area contributed by atoms with Crippen molar-refractivity contribution in [1.29, 1.82) is 0 Å². The fourth-order valence-electron chi connectivity index (χ4n) is 2.24. The second kappa shape index (κ2) is 19.6. The third-order valence-electron chi connectivity index (χ3n) is 5.70. The number of rotatable bonds is 9. The molecule has 0 rings (SSSR count). The maximum Gasteiger partial charge on any atom is 0.153 e. The van der Waals surface area contributed by atoms with Gasteiger partial charge in [-0.15, -0.1) is 0 Å². The Kier molecular flexibility index (Phi) is 24.2. The van der Waals surface area contributed by atoms with Gasteiger partial charge in [0.2, 0.25) is 0 Å². The van der Waals surface area contributed by atoms with Crippen molar-refractivity contribution in [3.63, 3.8) is 0 Å². The first-order valence-corrected chi connectivity index (χ1v) is 13.5. The Hall–Kier alpha value is 0.120. The van der Waals surface area contributed by atoms with Crippen molar-refractivity contribution >= 4 is 71.4 Å². The fraction of sp³-hybridized carbons (Fsp3) is 0.833. The number of alkyl halides is 3. The number of carbonyl (C=O) groups is 4. The van der Waals surface area contributed by atoms with Crippen LogP contribution < -0.4 is 0 Å². The van der Waals surface area contributed by atoms with Crippen LogP contribution in [-0.2, 0) is 19.2 Å². The van der Waals surface area contributed by atoms with Crippen molar-refractivity contribution in [3.05, 3.63) is 0 Å². The van der Waals surface area contributed by atoms with Crippen molar-refractivity contribution < 1.29 is 19.2 Å². The summed E-state index contributed by atoms with van der Waals surface area (Å²) in [4.78, 5) is 41.5. The van der Waals surface area contributed by atoms with Gasteiger partial charge in [0.15, 0.2) is 11.6 Å². The van der Waals surface area contributed by atoms with Crippen LogP contribution in [0.15, 0.2) is 0 Å². The zero-order valence-electron chi connectivity index (χ0n) is 21.5. The van der Waals surface area contributed by atoms with E-state index in [1.54, 1.807) is 13.8 Å². The van der Waals surface area contributed by atoms with Crippen LogP contribution in [0.3, 0.4) is 0 Å². The molecular formula is C24H45Br3O4. The smallest absolute Gasteiger partial charge is 0.153 e. The van der Waals surface area contributed by atoms with Gasteiger partial charge in [0.25, 0.3) is 0 Å². The zero-order chi connectivity index (χ0) is 26.1. The second-order valence-corrected chi connectivity index (χ2v) is 11.7. The highest BCUT2D eigenvalue weighted by Gasteiger charge is 2.44. The van der Waals surface area contributed by atoms with Gasteiger partial charge in [-0.25, -0.2) is 0 Å². The zero-order valence-corrected chi connectivity index (χ0v) is 26.2. The molecule has 0 amide bonds. The minimum atomic E-state index is -0.965. The molecule has 0 aromatic rings. The maximum atomic E-state index is 11.5. The summed E-state index contributed by atoms with van der Waals surface area (Å²) >= 11 is 10.0. The summed E-state index contributed by atoms with van der Waals surface area (Å²) in [6, 6.07) is 0. The van der Waals surface area contributed by atoms with E-state index in [0.29, 0.717) is 0 Å². The predicted octanol–water partition coefficient (Wildman–Crippen LogP) is 7.90. The van der Waals surface area contributed by atoms with E-state index in [1.807, 2.05) is 6.92 Å². The molecule has 1 unspecified atom stereocenters. The summed E-state index contributed by atoms with van der Waals surface area (Å²) in [7, 11) is 0. The van der Waals surface area contributed by atoms with E-state index in [1.165, 1.54) is 38.9 Å². The lowest BCUT2D eigenvalue weighted by Gasteiger charge is -2.39. The molecule has 4 nitrogen and oxygen atoms in total. The lowest BCUT2D eigenvalue weighted by atomic mass is 9.73. The number of Topliss-reactive ketones (excluding diaryl/α,β-unsaturated/α-hetero) is 3. The number of hydrogen-bond acceptors (Lipinski definition) is 4. The lowest BCUT2D eigenvalue weighted by molar-refractivity contribution is -0.127. The molecule has 0 aliphatic rings. The summed E-state index contributed by atoms with van der Waals surface area (Å²) in [6.07, 6.45) is 5.22. The Morgan fingerprint density at radius 2 is 1.13 bits per heavy atom. The van der Waals surface area contributed by atoms with Gasteiger partial charge in [-0.05, 0) is 58.8 Å². The van der Waals surface area contributed by atoms with Gasteiger partial charge in [0.1, 0.15) is 16.4 Å². The number of ketones is 3. The standard InChI is InChI=1S/C10H19BrO.C6H9BrO2.C6H13Br.C2H4O/c1-6-9(4,5)10(11,7-2)8(3)12;1-4(8)6(3,7)5(2)9;1-3-6(4-2)5-7;1-2-3/h6-7H2,1-5H3;1-3H3;6H,3-5H2,1-2H3;2H,1H3. The molecule has 0 aromatic heterocycles. The monoisotopic (exact) mass is 634 g/mol. The van der Waals surface area contributed by atoms with Crippen LogP contribution in [0.5, 0.6) is 0 Å². The normalized spacial score (nSPS) is 12.6. The number of hydrogen-bond donors (Lipinski definition) is 0. The maximum absolute atomic E-state index is 11.5. The van der Waals surface area contributed by atoms with Gasteiger partial charge in [-0.1, -0.05) is 102 Å². The summed E-state index contributed by atoms with van der Waals surface area (Å²) in [5.41, 5.74) is 0.0353. The van der Waals surface area contributed by atoms with Gasteiger partial charge in [0, 0.05) is 5.33 Å². The fourth-order valence-corrected chi connectivity index (χ4v) is 3.44. The van der Waals surface area contributed by atoms with Crippen molar-refractivity contribution in [3.8, 4) is 0 Å². The SMILES string of the molecule is CC(=O)C(C)(Br)C(C)=O.CC=O.CCC(C)(C)C(Br)(CC)C(C)=O.CCC(CC)CBr. The average Bonchev–Trinajstić information content (AvgIpc) is 2.69. The molecule has 7 heteroatoms. The van der Waals surface area contributed by atoms with E-state index in [2.05, 4.69) is 82.4 Å². The van der Waals surface area contributed by atoms with Gasteiger partial charge in [-0.3, -0.25) is 14.4 Å². The van der Waals surface area contributed by atoms with Crippen LogP contribution in [0.4, 0.5) is 0 Å².